The molecule has 1 saturated heterocycles. The Morgan fingerprint density at radius 2 is 1.50 bits per heavy atom. The number of amides is 1. The Kier molecular flexibility index (Phi) is 5.42. The summed E-state index contributed by atoms with van der Waals surface area (Å²) < 4.78 is 27.6. The third kappa shape index (κ3) is 3.65. The van der Waals surface area contributed by atoms with Crippen molar-refractivity contribution in [1.29, 1.82) is 0 Å². The minimum Gasteiger partial charge on any atom is -0.325 e. The first-order chi connectivity index (χ1) is 16.3. The van der Waals surface area contributed by atoms with Gasteiger partial charge in [-0.25, -0.2) is 8.42 Å². The van der Waals surface area contributed by atoms with Crippen molar-refractivity contribution in [3.63, 3.8) is 0 Å². The fourth-order valence-electron chi connectivity index (χ4n) is 4.54. The third-order valence-electron chi connectivity index (χ3n) is 6.33. The van der Waals surface area contributed by atoms with Gasteiger partial charge in [-0.1, -0.05) is 42.0 Å². The topological polar surface area (TPSA) is 101 Å². The molecule has 3 aromatic carbocycles. The van der Waals surface area contributed by atoms with E-state index in [-0.39, 0.29) is 34.1 Å². The lowest BCUT2D eigenvalue weighted by atomic mass is 9.84. The standard InChI is InChI=1S/C26H22N2O5S/c1-16-8-11-18(12-9-16)34(32,33)28-14-4-7-23(28)26(31)27-17-10-13-21-22(15-17)25(30)20-6-3-2-5-19(20)24(21)29/h2-3,5-6,8-13,15,23H,4,7,14H2,1H3,(H,27,31). The van der Waals surface area contributed by atoms with Crippen LogP contribution in [0.3, 0.4) is 0 Å². The predicted molar refractivity (Wildman–Crippen MR) is 126 cm³/mol. The average Bonchev–Trinajstić information content (AvgIpc) is 3.34. The second-order valence-electron chi connectivity index (χ2n) is 8.54. The molecule has 1 unspecified atom stereocenters. The summed E-state index contributed by atoms with van der Waals surface area (Å²) in [5.74, 6) is -0.997. The fourth-order valence-corrected chi connectivity index (χ4v) is 6.19. The normalized spacial score (nSPS) is 17.9. The van der Waals surface area contributed by atoms with Crippen LogP contribution in [0.25, 0.3) is 0 Å². The van der Waals surface area contributed by atoms with Crippen molar-refractivity contribution in [1.82, 2.24) is 4.31 Å². The number of anilines is 1. The summed E-state index contributed by atoms with van der Waals surface area (Å²) in [6, 6.07) is 16.9. The van der Waals surface area contributed by atoms with E-state index in [0.29, 0.717) is 29.7 Å². The Morgan fingerprint density at radius 1 is 0.882 bits per heavy atom. The predicted octanol–water partition coefficient (Wildman–Crippen LogP) is 3.56. The van der Waals surface area contributed by atoms with Crippen molar-refractivity contribution in [3.05, 3.63) is 94.5 Å². The van der Waals surface area contributed by atoms with Crippen LogP contribution in [0.1, 0.15) is 50.2 Å². The molecule has 172 valence electrons. The van der Waals surface area contributed by atoms with E-state index >= 15 is 0 Å². The SMILES string of the molecule is Cc1ccc(S(=O)(=O)N2CCCC2C(=O)Nc2ccc3c(c2)C(=O)c2ccccc2C3=O)cc1. The second-order valence-corrected chi connectivity index (χ2v) is 10.4. The maximum atomic E-state index is 13.2. The molecule has 1 heterocycles. The zero-order valence-corrected chi connectivity index (χ0v) is 19.3. The Balaban J connectivity index is 1.40. The molecule has 0 radical (unpaired) electrons. The Morgan fingerprint density at radius 3 is 2.18 bits per heavy atom. The minimum absolute atomic E-state index is 0.148. The van der Waals surface area contributed by atoms with Gasteiger partial charge in [-0.15, -0.1) is 0 Å². The van der Waals surface area contributed by atoms with Crippen molar-refractivity contribution in [2.45, 2.75) is 30.7 Å². The number of rotatable bonds is 4. The molecule has 3 aromatic rings. The molecule has 0 saturated carbocycles. The average molecular weight is 475 g/mol. The fraction of sp³-hybridized carbons (Fsp3) is 0.192. The number of benzene rings is 3. The maximum absolute atomic E-state index is 13.2. The van der Waals surface area contributed by atoms with Crippen molar-refractivity contribution in [2.75, 3.05) is 11.9 Å². The zero-order valence-electron chi connectivity index (χ0n) is 18.4. The molecular weight excluding hydrogens is 452 g/mol. The Bertz CT molecular complexity index is 1440. The van der Waals surface area contributed by atoms with E-state index in [0.717, 1.165) is 5.56 Å². The van der Waals surface area contributed by atoms with Crippen LogP contribution >= 0.6 is 0 Å². The number of aryl methyl sites for hydroxylation is 1. The molecule has 7 nitrogen and oxygen atoms in total. The van der Waals surface area contributed by atoms with Crippen LogP contribution in [0.15, 0.2) is 71.6 Å². The van der Waals surface area contributed by atoms with E-state index in [4.69, 9.17) is 0 Å². The molecule has 1 aliphatic heterocycles. The van der Waals surface area contributed by atoms with Gasteiger partial charge in [-0.2, -0.15) is 4.31 Å². The van der Waals surface area contributed by atoms with Crippen LogP contribution in [-0.4, -0.2) is 42.8 Å². The summed E-state index contributed by atoms with van der Waals surface area (Å²) in [6.07, 6.45) is 0.962. The molecule has 0 spiro atoms. The molecule has 8 heteroatoms. The molecule has 2 aliphatic rings. The number of ketones is 2. The van der Waals surface area contributed by atoms with E-state index < -0.39 is 22.0 Å². The first-order valence-electron chi connectivity index (χ1n) is 11.0. The number of hydrogen-bond donors (Lipinski definition) is 1. The van der Waals surface area contributed by atoms with Gasteiger partial charge in [0.05, 0.1) is 4.90 Å². The van der Waals surface area contributed by atoms with Gasteiger partial charge in [0.25, 0.3) is 0 Å². The molecule has 1 aliphatic carbocycles. The van der Waals surface area contributed by atoms with E-state index in [1.54, 1.807) is 54.6 Å². The number of carbonyl (C=O) groups excluding carboxylic acids is 3. The Labute approximate surface area is 197 Å². The van der Waals surface area contributed by atoms with Crippen molar-refractivity contribution >= 4 is 33.2 Å². The molecule has 34 heavy (non-hydrogen) atoms. The van der Waals surface area contributed by atoms with Gasteiger partial charge in [0.15, 0.2) is 11.6 Å². The van der Waals surface area contributed by atoms with E-state index in [9.17, 15) is 22.8 Å². The minimum atomic E-state index is -3.83. The van der Waals surface area contributed by atoms with Crippen LogP contribution in [-0.2, 0) is 14.8 Å². The summed E-state index contributed by atoms with van der Waals surface area (Å²) >= 11 is 0. The lowest BCUT2D eigenvalue weighted by molar-refractivity contribution is -0.119. The van der Waals surface area contributed by atoms with Crippen molar-refractivity contribution in [2.24, 2.45) is 0 Å². The number of nitrogens with one attached hydrogen (secondary N) is 1. The first-order valence-corrected chi connectivity index (χ1v) is 12.4. The van der Waals surface area contributed by atoms with Gasteiger partial charge in [0, 0.05) is 34.5 Å². The van der Waals surface area contributed by atoms with Crippen LogP contribution in [0.4, 0.5) is 5.69 Å². The van der Waals surface area contributed by atoms with Gasteiger partial charge in [0.1, 0.15) is 6.04 Å². The van der Waals surface area contributed by atoms with E-state index in [1.807, 2.05) is 6.92 Å². The van der Waals surface area contributed by atoms with Gasteiger partial charge in [-0.3, -0.25) is 14.4 Å². The Hall–Kier alpha value is -3.62. The molecule has 5 rings (SSSR count). The summed E-state index contributed by atoms with van der Waals surface area (Å²) in [6.45, 7) is 2.13. The lowest BCUT2D eigenvalue weighted by Crippen LogP contribution is -2.43. The quantitative estimate of drug-likeness (QED) is 0.487. The van der Waals surface area contributed by atoms with Crippen molar-refractivity contribution < 1.29 is 22.8 Å². The number of sulfonamides is 1. The number of nitrogens with zero attached hydrogens (tertiary/aromatic N) is 1. The summed E-state index contributed by atoms with van der Waals surface area (Å²) in [5.41, 5.74) is 2.47. The third-order valence-corrected chi connectivity index (χ3v) is 8.25. The largest absolute Gasteiger partial charge is 0.325 e. The van der Waals surface area contributed by atoms with Gasteiger partial charge in [0.2, 0.25) is 15.9 Å². The molecular formula is C26H22N2O5S. The van der Waals surface area contributed by atoms with Gasteiger partial charge in [-0.05, 0) is 50.1 Å². The molecule has 1 fully saturated rings. The molecule has 0 bridgehead atoms. The second kappa shape index (κ2) is 8.30. The number of carbonyl (C=O) groups is 3. The van der Waals surface area contributed by atoms with E-state index in [1.165, 1.54) is 16.4 Å². The zero-order chi connectivity index (χ0) is 24.0. The summed E-state index contributed by atoms with van der Waals surface area (Å²) in [7, 11) is -3.83. The molecule has 1 amide bonds. The van der Waals surface area contributed by atoms with Crippen LogP contribution in [0, 0.1) is 6.92 Å². The molecule has 1 atom stereocenters. The highest BCUT2D eigenvalue weighted by Crippen LogP contribution is 2.30. The number of hydrogen-bond acceptors (Lipinski definition) is 5. The summed E-state index contributed by atoms with van der Waals surface area (Å²) in [4.78, 5) is 39.0. The van der Waals surface area contributed by atoms with Crippen LogP contribution in [0.5, 0.6) is 0 Å². The first kappa shape index (κ1) is 22.2. The van der Waals surface area contributed by atoms with Gasteiger partial charge < -0.3 is 5.32 Å². The van der Waals surface area contributed by atoms with Gasteiger partial charge >= 0.3 is 0 Å². The highest BCUT2D eigenvalue weighted by Gasteiger charge is 2.39. The summed E-state index contributed by atoms with van der Waals surface area (Å²) in [5, 5.41) is 2.75. The molecule has 1 N–H and O–H groups in total. The number of fused-ring (bicyclic) bond motifs is 2. The molecule has 0 aromatic heterocycles. The van der Waals surface area contributed by atoms with Crippen molar-refractivity contribution in [3.8, 4) is 0 Å². The lowest BCUT2D eigenvalue weighted by Gasteiger charge is -2.24. The van der Waals surface area contributed by atoms with E-state index in [2.05, 4.69) is 5.32 Å². The highest BCUT2D eigenvalue weighted by molar-refractivity contribution is 7.89. The smallest absolute Gasteiger partial charge is 0.243 e. The van der Waals surface area contributed by atoms with Crippen LogP contribution in [0.2, 0.25) is 0 Å². The monoisotopic (exact) mass is 474 g/mol. The van der Waals surface area contributed by atoms with Crippen LogP contribution < -0.4 is 5.32 Å². The maximum Gasteiger partial charge on any atom is 0.243 e. The highest BCUT2D eigenvalue weighted by atomic mass is 32.2.